The van der Waals surface area contributed by atoms with Gasteiger partial charge in [-0.2, -0.15) is 5.10 Å². The average Bonchev–Trinajstić information content (AvgIpc) is 3.06. The molecule has 0 radical (unpaired) electrons. The number of piperidine rings is 1. The first-order valence-electron chi connectivity index (χ1n) is 9.11. The van der Waals surface area contributed by atoms with E-state index in [2.05, 4.69) is 5.32 Å². The molecule has 1 amide bonds. The van der Waals surface area contributed by atoms with Crippen LogP contribution in [0.25, 0.3) is 22.2 Å². The van der Waals surface area contributed by atoms with Crippen LogP contribution >= 0.6 is 23.2 Å². The number of anilines is 1. The van der Waals surface area contributed by atoms with Gasteiger partial charge in [-0.05, 0) is 62.2 Å². The number of carboxylic acid groups (broad SMARTS) is 1. The molecule has 1 saturated heterocycles. The number of carbonyl (C=O) groups is 1. The first-order valence-corrected chi connectivity index (χ1v) is 9.86. The Morgan fingerprint density at radius 1 is 1.21 bits per heavy atom. The lowest BCUT2D eigenvalue weighted by atomic mass is 10.1. The number of benzene rings is 2. The van der Waals surface area contributed by atoms with Gasteiger partial charge >= 0.3 is 0 Å². The quantitative estimate of drug-likeness (QED) is 0.696. The van der Waals surface area contributed by atoms with Crippen LogP contribution in [0.4, 0.5) is 10.5 Å². The second kappa shape index (κ2) is 7.62. The van der Waals surface area contributed by atoms with E-state index in [1.54, 1.807) is 12.1 Å². The standard InChI is InChI=1S/C20H20Cl2N4O2/c1-25(20(27)28)15-5-6-17-16(11-15)19(12-8-13(21)10-14(22)9-12)24-26(17)18-4-2-3-7-23-18/h5-6,8-11,18,23H,2-4,7H2,1H3,(H,27,28)/p-1/t18-/m1/s1. The predicted octanol–water partition coefficient (Wildman–Crippen LogP) is 4.06. The molecule has 2 heterocycles. The molecule has 1 aliphatic heterocycles. The maximum Gasteiger partial charge on any atom is 0.141 e. The van der Waals surface area contributed by atoms with Gasteiger partial charge in [-0.1, -0.05) is 23.2 Å². The van der Waals surface area contributed by atoms with Crippen molar-refractivity contribution in [3.05, 3.63) is 46.4 Å². The summed E-state index contributed by atoms with van der Waals surface area (Å²) in [6.07, 6.45) is 2.07. The highest BCUT2D eigenvalue weighted by Crippen LogP contribution is 2.35. The fourth-order valence-electron chi connectivity index (χ4n) is 3.63. The van der Waals surface area contributed by atoms with Crippen LogP contribution in [0.15, 0.2) is 36.4 Å². The van der Waals surface area contributed by atoms with E-state index < -0.39 is 6.09 Å². The Labute approximate surface area is 172 Å². The van der Waals surface area contributed by atoms with Gasteiger partial charge in [0.1, 0.15) is 18.0 Å². The molecule has 0 bridgehead atoms. The molecule has 28 heavy (non-hydrogen) atoms. The van der Waals surface area contributed by atoms with Gasteiger partial charge in [-0.3, -0.25) is 5.32 Å². The molecule has 2 aromatic carbocycles. The van der Waals surface area contributed by atoms with Gasteiger partial charge in [0.05, 0.1) is 5.52 Å². The van der Waals surface area contributed by atoms with Gasteiger partial charge in [0.2, 0.25) is 0 Å². The zero-order valence-electron chi connectivity index (χ0n) is 15.3. The van der Waals surface area contributed by atoms with Crippen molar-refractivity contribution in [2.24, 2.45) is 0 Å². The highest BCUT2D eigenvalue weighted by Gasteiger charge is 2.21. The summed E-state index contributed by atoms with van der Waals surface area (Å²) in [4.78, 5) is 12.4. The van der Waals surface area contributed by atoms with E-state index in [4.69, 9.17) is 28.3 Å². The SMILES string of the molecule is CN(C(=O)[O-])c1ccc2c(c1)c(-c1cc(Cl)cc(Cl)c1)nn2[C@@H]1CCCCN1. The first kappa shape index (κ1) is 19.1. The molecule has 1 fully saturated rings. The van der Waals surface area contributed by atoms with Gasteiger partial charge < -0.3 is 14.8 Å². The third kappa shape index (κ3) is 3.55. The summed E-state index contributed by atoms with van der Waals surface area (Å²) in [5.74, 6) is 0. The lowest BCUT2D eigenvalue weighted by Gasteiger charge is -2.24. The van der Waals surface area contributed by atoms with Gasteiger partial charge in [-0.25, -0.2) is 4.68 Å². The largest absolute Gasteiger partial charge is 0.530 e. The molecule has 1 N–H and O–H groups in total. The van der Waals surface area contributed by atoms with Gasteiger partial charge in [0, 0.05) is 33.7 Å². The number of halogens is 2. The zero-order chi connectivity index (χ0) is 19.8. The maximum absolute atomic E-state index is 11.3. The number of nitrogens with zero attached hydrogens (tertiary/aromatic N) is 3. The highest BCUT2D eigenvalue weighted by atomic mass is 35.5. The van der Waals surface area contributed by atoms with E-state index in [9.17, 15) is 9.90 Å². The number of hydrogen-bond acceptors (Lipinski definition) is 4. The third-order valence-electron chi connectivity index (χ3n) is 5.07. The number of amides is 1. The van der Waals surface area contributed by atoms with E-state index in [0.717, 1.165) is 47.2 Å². The topological polar surface area (TPSA) is 73.2 Å². The Morgan fingerprint density at radius 3 is 2.61 bits per heavy atom. The molecule has 1 aliphatic rings. The molecule has 146 valence electrons. The van der Waals surface area contributed by atoms with Gasteiger partial charge in [0.15, 0.2) is 0 Å². The summed E-state index contributed by atoms with van der Waals surface area (Å²) >= 11 is 12.4. The molecule has 8 heteroatoms. The van der Waals surface area contributed by atoms with E-state index in [1.165, 1.54) is 7.05 Å². The molecular formula is C20H19Cl2N4O2-. The minimum atomic E-state index is -1.27. The number of nitrogens with one attached hydrogen (secondary N) is 1. The van der Waals surface area contributed by atoms with Crippen LogP contribution in [-0.4, -0.2) is 29.5 Å². The number of fused-ring (bicyclic) bond motifs is 1. The lowest BCUT2D eigenvalue weighted by Crippen LogP contribution is -2.38. The molecule has 0 spiro atoms. The fraction of sp³-hybridized carbons (Fsp3) is 0.300. The summed E-state index contributed by atoms with van der Waals surface area (Å²) in [6.45, 7) is 0.940. The predicted molar refractivity (Wildman–Crippen MR) is 110 cm³/mol. The molecule has 1 aromatic heterocycles. The van der Waals surface area contributed by atoms with Crippen LogP contribution in [0.5, 0.6) is 0 Å². The highest BCUT2D eigenvalue weighted by molar-refractivity contribution is 6.35. The maximum atomic E-state index is 11.3. The third-order valence-corrected chi connectivity index (χ3v) is 5.50. The molecule has 3 aromatic rings. The van der Waals surface area contributed by atoms with Crippen molar-refractivity contribution in [1.29, 1.82) is 0 Å². The van der Waals surface area contributed by atoms with Crippen molar-refractivity contribution in [2.75, 3.05) is 18.5 Å². The summed E-state index contributed by atoms with van der Waals surface area (Å²) in [7, 11) is 1.46. The molecule has 1 atom stereocenters. The zero-order valence-corrected chi connectivity index (χ0v) is 16.8. The molecule has 0 unspecified atom stereocenters. The summed E-state index contributed by atoms with van der Waals surface area (Å²) in [5, 5.41) is 21.5. The minimum absolute atomic E-state index is 0.0874. The molecule has 6 nitrogen and oxygen atoms in total. The minimum Gasteiger partial charge on any atom is -0.530 e. The average molecular weight is 418 g/mol. The van der Waals surface area contributed by atoms with Gasteiger partial charge in [-0.15, -0.1) is 0 Å². The fourth-order valence-corrected chi connectivity index (χ4v) is 4.15. The van der Waals surface area contributed by atoms with Crippen molar-refractivity contribution in [2.45, 2.75) is 25.4 Å². The summed E-state index contributed by atoms with van der Waals surface area (Å²) in [5.41, 5.74) is 2.92. The van der Waals surface area contributed by atoms with Crippen LogP contribution in [0.2, 0.25) is 10.0 Å². The summed E-state index contributed by atoms with van der Waals surface area (Å²) < 4.78 is 1.97. The Hall–Kier alpha value is -2.28. The molecular weight excluding hydrogens is 399 g/mol. The molecule has 4 rings (SSSR count). The molecule has 0 aliphatic carbocycles. The van der Waals surface area contributed by atoms with Crippen molar-refractivity contribution < 1.29 is 9.90 Å². The second-order valence-corrected chi connectivity index (χ2v) is 7.82. The smallest absolute Gasteiger partial charge is 0.141 e. The Kier molecular flexibility index (Phi) is 5.19. The van der Waals surface area contributed by atoms with Crippen molar-refractivity contribution >= 4 is 45.9 Å². The number of carbonyl (C=O) groups excluding carboxylic acids is 1. The van der Waals surface area contributed by atoms with E-state index in [-0.39, 0.29) is 6.17 Å². The lowest BCUT2D eigenvalue weighted by molar-refractivity contribution is -0.246. The normalized spacial score (nSPS) is 17.0. The van der Waals surface area contributed by atoms with Crippen molar-refractivity contribution in [3.63, 3.8) is 0 Å². The van der Waals surface area contributed by atoms with Crippen LogP contribution in [0, 0.1) is 0 Å². The Balaban J connectivity index is 1.92. The van der Waals surface area contributed by atoms with E-state index >= 15 is 0 Å². The van der Waals surface area contributed by atoms with Crippen molar-refractivity contribution in [3.8, 4) is 11.3 Å². The van der Waals surface area contributed by atoms with Crippen LogP contribution in [0.3, 0.4) is 0 Å². The Morgan fingerprint density at radius 2 is 1.96 bits per heavy atom. The number of rotatable bonds is 3. The van der Waals surface area contributed by atoms with Crippen molar-refractivity contribution in [1.82, 2.24) is 15.1 Å². The van der Waals surface area contributed by atoms with Gasteiger partial charge in [0.25, 0.3) is 0 Å². The second-order valence-electron chi connectivity index (χ2n) is 6.94. The summed E-state index contributed by atoms with van der Waals surface area (Å²) in [6, 6.07) is 10.7. The van der Waals surface area contributed by atoms with Crippen LogP contribution in [0.1, 0.15) is 25.4 Å². The van der Waals surface area contributed by atoms with E-state index in [1.807, 2.05) is 28.9 Å². The number of aromatic nitrogens is 2. The molecule has 0 saturated carbocycles. The van der Waals surface area contributed by atoms with E-state index in [0.29, 0.717) is 21.4 Å². The Bertz CT molecular complexity index is 1020. The van der Waals surface area contributed by atoms with Crippen LogP contribution in [-0.2, 0) is 0 Å². The number of hydrogen-bond donors (Lipinski definition) is 1. The first-order chi connectivity index (χ1) is 13.4. The van der Waals surface area contributed by atoms with Crippen LogP contribution < -0.4 is 15.3 Å². The monoisotopic (exact) mass is 417 g/mol.